The molecule has 2 atom stereocenters. The Bertz CT molecular complexity index is 448. The molecule has 0 spiro atoms. The smallest absolute Gasteiger partial charge is 0.220 e. The maximum Gasteiger partial charge on any atom is 0.220 e. The molecule has 0 aromatic carbocycles. The summed E-state index contributed by atoms with van der Waals surface area (Å²) in [6.07, 6.45) is 26.9. The fraction of sp³-hybridized carbons (Fsp3) is 0.815. The van der Waals surface area contributed by atoms with Crippen LogP contribution in [0.25, 0.3) is 0 Å². The van der Waals surface area contributed by atoms with Crippen molar-refractivity contribution >= 4 is 5.91 Å². The summed E-state index contributed by atoms with van der Waals surface area (Å²) in [5.74, 6) is -0.0602. The highest BCUT2D eigenvalue weighted by atomic mass is 16.3. The Labute approximate surface area is 192 Å². The van der Waals surface area contributed by atoms with Gasteiger partial charge in [0.25, 0.3) is 0 Å². The van der Waals surface area contributed by atoms with Gasteiger partial charge in [-0.2, -0.15) is 0 Å². The summed E-state index contributed by atoms with van der Waals surface area (Å²) < 4.78 is 0. The fourth-order valence-corrected chi connectivity index (χ4v) is 3.62. The first-order valence-corrected chi connectivity index (χ1v) is 13.0. The van der Waals surface area contributed by atoms with E-state index in [9.17, 15) is 15.0 Å². The molecule has 0 heterocycles. The third-order valence-corrected chi connectivity index (χ3v) is 5.72. The number of aliphatic hydroxyl groups excluding tert-OH is 2. The Hall–Kier alpha value is -1.13. The van der Waals surface area contributed by atoms with Crippen molar-refractivity contribution in [3.8, 4) is 0 Å². The highest BCUT2D eigenvalue weighted by Gasteiger charge is 2.19. The lowest BCUT2D eigenvalue weighted by atomic mass is 10.0. The lowest BCUT2D eigenvalue weighted by molar-refractivity contribution is -0.123. The van der Waals surface area contributed by atoms with Crippen molar-refractivity contribution in [2.75, 3.05) is 6.61 Å². The molecule has 4 heteroatoms. The standard InChI is InChI=1S/C27H51NO3/c1-3-5-7-8-9-10-11-12-13-14-15-16-17-18-19-21-23-27(31)28-25(24-29)26(30)22-20-6-4-2/h10-11,13-14,25-26,29-30H,3-9,12,15-24H2,1-2H3,(H,28,31)/b11-10-,14-13-. The van der Waals surface area contributed by atoms with E-state index in [2.05, 4.69) is 43.5 Å². The minimum Gasteiger partial charge on any atom is -0.394 e. The minimum absolute atomic E-state index is 0.0602. The van der Waals surface area contributed by atoms with Gasteiger partial charge in [-0.3, -0.25) is 4.79 Å². The SMILES string of the molecule is CCCCCC/C=C\C/C=C\CCCCCCCC(=O)NC(CO)C(O)CCCCC. The summed E-state index contributed by atoms with van der Waals surface area (Å²) in [7, 11) is 0. The van der Waals surface area contributed by atoms with Crippen molar-refractivity contribution in [1.82, 2.24) is 5.32 Å². The van der Waals surface area contributed by atoms with Gasteiger partial charge in [0.15, 0.2) is 0 Å². The summed E-state index contributed by atoms with van der Waals surface area (Å²) in [6.45, 7) is 4.16. The first kappa shape index (κ1) is 29.9. The molecule has 4 nitrogen and oxygen atoms in total. The molecule has 31 heavy (non-hydrogen) atoms. The van der Waals surface area contributed by atoms with Crippen molar-refractivity contribution in [3.63, 3.8) is 0 Å². The molecule has 0 radical (unpaired) electrons. The van der Waals surface area contributed by atoms with Crippen molar-refractivity contribution < 1.29 is 15.0 Å². The first-order chi connectivity index (χ1) is 15.2. The summed E-state index contributed by atoms with van der Waals surface area (Å²) >= 11 is 0. The van der Waals surface area contributed by atoms with Crippen LogP contribution in [0.2, 0.25) is 0 Å². The van der Waals surface area contributed by atoms with Gasteiger partial charge in [0.2, 0.25) is 5.91 Å². The zero-order valence-electron chi connectivity index (χ0n) is 20.5. The second-order valence-electron chi connectivity index (χ2n) is 8.75. The second kappa shape index (κ2) is 23.5. The Morgan fingerprint density at radius 3 is 1.94 bits per heavy atom. The van der Waals surface area contributed by atoms with Crippen LogP contribution >= 0.6 is 0 Å². The number of hydrogen-bond acceptors (Lipinski definition) is 3. The zero-order chi connectivity index (χ0) is 23.0. The van der Waals surface area contributed by atoms with Gasteiger partial charge in [-0.05, 0) is 44.9 Å². The van der Waals surface area contributed by atoms with Crippen LogP contribution in [-0.2, 0) is 4.79 Å². The summed E-state index contributed by atoms with van der Waals surface area (Å²) in [5.41, 5.74) is 0. The average molecular weight is 438 g/mol. The molecule has 0 aliphatic heterocycles. The van der Waals surface area contributed by atoms with Gasteiger partial charge >= 0.3 is 0 Å². The Balaban J connectivity index is 3.58. The Kier molecular flexibility index (Phi) is 22.7. The Morgan fingerprint density at radius 1 is 0.774 bits per heavy atom. The number of unbranched alkanes of at least 4 members (excludes halogenated alkanes) is 11. The van der Waals surface area contributed by atoms with E-state index in [1.54, 1.807) is 0 Å². The lowest BCUT2D eigenvalue weighted by Gasteiger charge is -2.22. The highest BCUT2D eigenvalue weighted by molar-refractivity contribution is 5.76. The van der Waals surface area contributed by atoms with Gasteiger partial charge in [0.1, 0.15) is 0 Å². The number of hydrogen-bond donors (Lipinski definition) is 3. The van der Waals surface area contributed by atoms with E-state index in [1.807, 2.05) is 0 Å². The highest BCUT2D eigenvalue weighted by Crippen LogP contribution is 2.10. The minimum atomic E-state index is -0.658. The van der Waals surface area contributed by atoms with Crippen LogP contribution in [0.15, 0.2) is 24.3 Å². The molecule has 0 aliphatic rings. The molecule has 3 N–H and O–H groups in total. The molecule has 1 amide bonds. The van der Waals surface area contributed by atoms with Gasteiger partial charge in [0.05, 0.1) is 18.8 Å². The van der Waals surface area contributed by atoms with Crippen molar-refractivity contribution in [2.24, 2.45) is 0 Å². The van der Waals surface area contributed by atoms with Crippen LogP contribution in [0.1, 0.15) is 123 Å². The van der Waals surface area contributed by atoms with E-state index >= 15 is 0 Å². The maximum absolute atomic E-state index is 12.0. The van der Waals surface area contributed by atoms with Gasteiger partial charge < -0.3 is 15.5 Å². The normalized spacial score (nSPS) is 13.8. The molecule has 0 aromatic rings. The van der Waals surface area contributed by atoms with Gasteiger partial charge in [-0.15, -0.1) is 0 Å². The van der Waals surface area contributed by atoms with E-state index in [0.29, 0.717) is 12.8 Å². The van der Waals surface area contributed by atoms with E-state index in [0.717, 1.165) is 51.4 Å². The number of allylic oxidation sites excluding steroid dienone is 4. The van der Waals surface area contributed by atoms with E-state index in [4.69, 9.17) is 0 Å². The van der Waals surface area contributed by atoms with Gasteiger partial charge in [-0.25, -0.2) is 0 Å². The number of rotatable bonds is 22. The van der Waals surface area contributed by atoms with Gasteiger partial charge in [-0.1, -0.05) is 95.9 Å². The maximum atomic E-state index is 12.0. The summed E-state index contributed by atoms with van der Waals surface area (Å²) in [6, 6.07) is -0.535. The molecule has 0 saturated heterocycles. The zero-order valence-corrected chi connectivity index (χ0v) is 20.5. The molecule has 0 aliphatic carbocycles. The first-order valence-electron chi connectivity index (χ1n) is 13.0. The number of carbonyl (C=O) groups excluding carboxylic acids is 1. The van der Waals surface area contributed by atoms with E-state index < -0.39 is 12.1 Å². The van der Waals surface area contributed by atoms with Crippen LogP contribution in [-0.4, -0.2) is 34.9 Å². The van der Waals surface area contributed by atoms with Crippen molar-refractivity contribution in [2.45, 2.75) is 135 Å². The molecular weight excluding hydrogens is 386 g/mol. The number of amides is 1. The second-order valence-corrected chi connectivity index (χ2v) is 8.75. The van der Waals surface area contributed by atoms with Crippen LogP contribution < -0.4 is 5.32 Å². The molecule has 0 saturated carbocycles. The van der Waals surface area contributed by atoms with Gasteiger partial charge in [0, 0.05) is 6.42 Å². The van der Waals surface area contributed by atoms with Crippen molar-refractivity contribution in [3.05, 3.63) is 24.3 Å². The van der Waals surface area contributed by atoms with Crippen molar-refractivity contribution in [1.29, 1.82) is 0 Å². The third-order valence-electron chi connectivity index (χ3n) is 5.72. The molecule has 2 unspecified atom stereocenters. The summed E-state index contributed by atoms with van der Waals surface area (Å²) in [5, 5.41) is 22.3. The number of carbonyl (C=O) groups is 1. The van der Waals surface area contributed by atoms with Crippen LogP contribution in [0.4, 0.5) is 0 Å². The monoisotopic (exact) mass is 437 g/mol. The average Bonchev–Trinajstić information content (AvgIpc) is 2.77. The van der Waals surface area contributed by atoms with E-state index in [1.165, 1.54) is 44.9 Å². The van der Waals surface area contributed by atoms with E-state index in [-0.39, 0.29) is 12.5 Å². The van der Waals surface area contributed by atoms with Crippen LogP contribution in [0.3, 0.4) is 0 Å². The quantitative estimate of drug-likeness (QED) is 0.132. The number of nitrogens with one attached hydrogen (secondary N) is 1. The van der Waals surface area contributed by atoms with Crippen LogP contribution in [0, 0.1) is 0 Å². The molecule has 0 aromatic heterocycles. The molecule has 0 fully saturated rings. The predicted octanol–water partition coefficient (Wildman–Crippen LogP) is 6.61. The third kappa shape index (κ3) is 20.5. The van der Waals surface area contributed by atoms with Crippen LogP contribution in [0.5, 0.6) is 0 Å². The fourth-order valence-electron chi connectivity index (χ4n) is 3.62. The molecule has 0 rings (SSSR count). The molecule has 182 valence electrons. The number of aliphatic hydroxyl groups is 2. The topological polar surface area (TPSA) is 69.6 Å². The summed E-state index contributed by atoms with van der Waals surface area (Å²) in [4.78, 5) is 12.0. The Morgan fingerprint density at radius 2 is 1.32 bits per heavy atom. The molecular formula is C27H51NO3. The predicted molar refractivity (Wildman–Crippen MR) is 133 cm³/mol. The molecule has 0 bridgehead atoms. The largest absolute Gasteiger partial charge is 0.394 e. The lowest BCUT2D eigenvalue weighted by Crippen LogP contribution is -2.45.